The summed E-state index contributed by atoms with van der Waals surface area (Å²) >= 11 is 1.70. The summed E-state index contributed by atoms with van der Waals surface area (Å²) < 4.78 is 13.4. The zero-order valence-corrected chi connectivity index (χ0v) is 15.4. The number of guanidine groups is 1. The van der Waals surface area contributed by atoms with E-state index in [1.807, 2.05) is 20.0 Å². The first-order valence-corrected chi connectivity index (χ1v) is 9.01. The van der Waals surface area contributed by atoms with Crippen LogP contribution in [0.25, 0.3) is 10.9 Å². The van der Waals surface area contributed by atoms with Gasteiger partial charge in [0.05, 0.1) is 17.2 Å². The number of rotatable bonds is 5. The molecule has 0 radical (unpaired) electrons. The van der Waals surface area contributed by atoms with E-state index >= 15 is 0 Å². The molecule has 3 rings (SSSR count). The number of hydrogen-bond donors (Lipinski definition) is 3. The highest BCUT2D eigenvalue weighted by atomic mass is 32.1. The van der Waals surface area contributed by atoms with Crippen molar-refractivity contribution in [2.75, 3.05) is 13.6 Å². The van der Waals surface area contributed by atoms with E-state index in [0.29, 0.717) is 13.1 Å². The third-order valence-corrected chi connectivity index (χ3v) is 5.13. The van der Waals surface area contributed by atoms with Gasteiger partial charge in [-0.3, -0.25) is 4.99 Å². The summed E-state index contributed by atoms with van der Waals surface area (Å²) in [6.45, 7) is 5.45. The molecule has 25 heavy (non-hydrogen) atoms. The van der Waals surface area contributed by atoms with Gasteiger partial charge in [-0.05, 0) is 44.0 Å². The lowest BCUT2D eigenvalue weighted by Crippen LogP contribution is -2.37. The predicted octanol–water partition coefficient (Wildman–Crippen LogP) is 3.29. The van der Waals surface area contributed by atoms with Crippen LogP contribution in [0.5, 0.6) is 0 Å². The number of aliphatic imine (C=N–C) groups is 1. The molecular weight excluding hydrogens is 337 g/mol. The van der Waals surface area contributed by atoms with Crippen molar-refractivity contribution in [3.8, 4) is 0 Å². The number of fused-ring (bicyclic) bond motifs is 1. The van der Waals surface area contributed by atoms with Crippen LogP contribution >= 0.6 is 11.3 Å². The van der Waals surface area contributed by atoms with Gasteiger partial charge in [0.2, 0.25) is 0 Å². The second-order valence-corrected chi connectivity index (χ2v) is 7.14. The minimum absolute atomic E-state index is 0.214. The van der Waals surface area contributed by atoms with Gasteiger partial charge < -0.3 is 15.6 Å². The van der Waals surface area contributed by atoms with Crippen molar-refractivity contribution in [2.24, 2.45) is 4.99 Å². The molecule has 0 aliphatic heterocycles. The second kappa shape index (κ2) is 7.65. The van der Waals surface area contributed by atoms with Gasteiger partial charge in [0, 0.05) is 35.6 Å². The molecule has 3 aromatic rings. The molecule has 7 heteroatoms. The average Bonchev–Trinajstić information content (AvgIpc) is 3.13. The van der Waals surface area contributed by atoms with Crippen molar-refractivity contribution in [3.05, 3.63) is 51.4 Å². The van der Waals surface area contributed by atoms with Gasteiger partial charge in [0.25, 0.3) is 0 Å². The van der Waals surface area contributed by atoms with E-state index in [4.69, 9.17) is 0 Å². The molecule has 132 valence electrons. The largest absolute Gasteiger partial charge is 0.361 e. The first-order valence-electron chi connectivity index (χ1n) is 8.19. The fourth-order valence-corrected chi connectivity index (χ4v) is 3.67. The molecule has 1 aromatic carbocycles. The Morgan fingerprint density at radius 1 is 1.32 bits per heavy atom. The molecule has 0 spiro atoms. The van der Waals surface area contributed by atoms with Crippen LogP contribution in [-0.2, 0) is 13.0 Å². The normalized spacial score (nSPS) is 11.9. The smallest absolute Gasteiger partial charge is 0.191 e. The number of halogens is 1. The van der Waals surface area contributed by atoms with Crippen molar-refractivity contribution in [2.45, 2.75) is 26.8 Å². The number of aromatic amines is 1. The third kappa shape index (κ3) is 4.17. The number of thiazole rings is 1. The predicted molar refractivity (Wildman–Crippen MR) is 102 cm³/mol. The SMILES string of the molecule is CN=C(NCCc1c[nH]c2ccc(F)cc12)NCc1sc(C)nc1C. The summed E-state index contributed by atoms with van der Waals surface area (Å²) in [6, 6.07) is 4.81. The van der Waals surface area contributed by atoms with Crippen LogP contribution in [0.15, 0.2) is 29.4 Å². The lowest BCUT2D eigenvalue weighted by molar-refractivity contribution is 0.629. The molecule has 0 fully saturated rings. The van der Waals surface area contributed by atoms with E-state index in [1.54, 1.807) is 30.5 Å². The van der Waals surface area contributed by atoms with Gasteiger partial charge in [0.1, 0.15) is 5.82 Å². The standard InChI is InChI=1S/C18H22FN5S/c1-11-17(25-12(2)24-11)10-23-18(20-3)21-7-6-13-9-22-16-5-4-14(19)8-15(13)16/h4-5,8-9,22H,6-7,10H2,1-3H3,(H2,20,21,23). The highest BCUT2D eigenvalue weighted by Crippen LogP contribution is 2.19. The van der Waals surface area contributed by atoms with Crippen molar-refractivity contribution < 1.29 is 4.39 Å². The Bertz CT molecular complexity index is 896. The van der Waals surface area contributed by atoms with Gasteiger partial charge in [-0.15, -0.1) is 11.3 Å². The van der Waals surface area contributed by atoms with Gasteiger partial charge in [0.15, 0.2) is 5.96 Å². The summed E-state index contributed by atoms with van der Waals surface area (Å²) in [4.78, 5) is 13.1. The Kier molecular flexibility index (Phi) is 5.33. The topological polar surface area (TPSA) is 65.1 Å². The monoisotopic (exact) mass is 359 g/mol. The molecule has 0 atom stereocenters. The Labute approximate surface area is 150 Å². The van der Waals surface area contributed by atoms with E-state index in [9.17, 15) is 4.39 Å². The quantitative estimate of drug-likeness (QED) is 0.484. The maximum Gasteiger partial charge on any atom is 0.191 e. The van der Waals surface area contributed by atoms with E-state index in [0.717, 1.165) is 39.5 Å². The van der Waals surface area contributed by atoms with E-state index in [1.165, 1.54) is 10.9 Å². The number of nitrogens with one attached hydrogen (secondary N) is 3. The third-order valence-electron chi connectivity index (χ3n) is 4.06. The molecule has 2 aromatic heterocycles. The zero-order chi connectivity index (χ0) is 17.8. The zero-order valence-electron chi connectivity index (χ0n) is 14.6. The minimum Gasteiger partial charge on any atom is -0.361 e. The number of hydrogen-bond acceptors (Lipinski definition) is 3. The lowest BCUT2D eigenvalue weighted by Gasteiger charge is -2.11. The number of aromatic nitrogens is 2. The minimum atomic E-state index is -0.214. The molecule has 0 amide bonds. The molecule has 0 aliphatic carbocycles. The number of aryl methyl sites for hydroxylation is 2. The number of benzene rings is 1. The maximum atomic E-state index is 13.4. The molecule has 0 saturated heterocycles. The van der Waals surface area contributed by atoms with Gasteiger partial charge >= 0.3 is 0 Å². The van der Waals surface area contributed by atoms with E-state index in [2.05, 4.69) is 25.6 Å². The first-order chi connectivity index (χ1) is 12.1. The van der Waals surface area contributed by atoms with Crippen LogP contribution in [0, 0.1) is 19.7 Å². The Hall–Kier alpha value is -2.41. The van der Waals surface area contributed by atoms with Crippen LogP contribution in [0.2, 0.25) is 0 Å². The van der Waals surface area contributed by atoms with Crippen LogP contribution in [0.4, 0.5) is 4.39 Å². The molecular formula is C18H22FN5S. The van der Waals surface area contributed by atoms with Gasteiger partial charge in [-0.2, -0.15) is 0 Å². The Morgan fingerprint density at radius 3 is 2.88 bits per heavy atom. The van der Waals surface area contributed by atoms with Crippen LogP contribution in [0.3, 0.4) is 0 Å². The lowest BCUT2D eigenvalue weighted by atomic mass is 10.1. The van der Waals surface area contributed by atoms with E-state index in [-0.39, 0.29) is 5.82 Å². The molecule has 2 heterocycles. The number of H-pyrrole nitrogens is 1. The van der Waals surface area contributed by atoms with Crippen molar-refractivity contribution in [1.29, 1.82) is 0 Å². The highest BCUT2D eigenvalue weighted by molar-refractivity contribution is 7.11. The first kappa shape index (κ1) is 17.4. The molecule has 0 bridgehead atoms. The maximum absolute atomic E-state index is 13.4. The summed E-state index contributed by atoms with van der Waals surface area (Å²) in [5, 5.41) is 8.61. The van der Waals surface area contributed by atoms with Crippen molar-refractivity contribution in [1.82, 2.24) is 20.6 Å². The second-order valence-electron chi connectivity index (χ2n) is 5.85. The summed E-state index contributed by atoms with van der Waals surface area (Å²) in [5.74, 6) is 0.533. The molecule has 0 saturated carbocycles. The summed E-state index contributed by atoms with van der Waals surface area (Å²) in [5.41, 5.74) is 3.10. The van der Waals surface area contributed by atoms with Crippen LogP contribution in [-0.4, -0.2) is 29.5 Å². The van der Waals surface area contributed by atoms with Crippen LogP contribution in [0.1, 0.15) is 21.1 Å². The number of nitrogens with zero attached hydrogens (tertiary/aromatic N) is 2. The van der Waals surface area contributed by atoms with Crippen LogP contribution < -0.4 is 10.6 Å². The Morgan fingerprint density at radius 2 is 2.16 bits per heavy atom. The molecule has 5 nitrogen and oxygen atoms in total. The van der Waals surface area contributed by atoms with Gasteiger partial charge in [-0.25, -0.2) is 9.37 Å². The fourth-order valence-electron chi connectivity index (χ4n) is 2.80. The average molecular weight is 359 g/mol. The molecule has 3 N–H and O–H groups in total. The Balaban J connectivity index is 1.54. The van der Waals surface area contributed by atoms with Crippen molar-refractivity contribution >= 4 is 28.2 Å². The van der Waals surface area contributed by atoms with Crippen molar-refractivity contribution in [3.63, 3.8) is 0 Å². The summed E-state index contributed by atoms with van der Waals surface area (Å²) in [6.07, 6.45) is 2.72. The molecule has 0 unspecified atom stereocenters. The fraction of sp³-hybridized carbons (Fsp3) is 0.333. The molecule has 0 aliphatic rings. The summed E-state index contributed by atoms with van der Waals surface area (Å²) in [7, 11) is 1.75. The van der Waals surface area contributed by atoms with E-state index < -0.39 is 0 Å². The van der Waals surface area contributed by atoms with Gasteiger partial charge in [-0.1, -0.05) is 0 Å². The highest BCUT2D eigenvalue weighted by Gasteiger charge is 2.07.